The van der Waals surface area contributed by atoms with Crippen LogP contribution < -0.4 is 16.6 Å². The Kier molecular flexibility index (Phi) is 9.51. The Morgan fingerprint density at radius 3 is 1.95 bits per heavy atom. The van der Waals surface area contributed by atoms with Gasteiger partial charge in [0.25, 0.3) is 0 Å². The molecule has 6 heteroatoms. The second-order valence-electron chi connectivity index (χ2n) is 3.17. The lowest BCUT2D eigenvalue weighted by Crippen LogP contribution is -2.13. The molecule has 0 bridgehead atoms. The number of anilines is 3. The Balaban J connectivity index is 0.000000829. The molecule has 0 saturated heterocycles. The van der Waals surface area contributed by atoms with Gasteiger partial charge in [0.05, 0.1) is 0 Å². The van der Waals surface area contributed by atoms with E-state index in [-0.39, 0.29) is 0 Å². The zero-order valence-corrected chi connectivity index (χ0v) is 12.8. The van der Waals surface area contributed by atoms with Crippen LogP contribution in [0.15, 0.2) is 30.3 Å². The maximum atomic E-state index is 5.25. The highest BCUT2D eigenvalue weighted by atomic mass is 15.3. The molecule has 0 amide bonds. The standard InChI is InChI=1S/C10H12N6.2C2H6/c1-7-12-9(15-10(13-7)16-11)14-8-5-3-2-4-6-8;2*1-2/h2-6H,11H2,1H3,(H2,12,13,14,15,16);2*1-2H3. The summed E-state index contributed by atoms with van der Waals surface area (Å²) in [5.41, 5.74) is 3.30. The molecule has 4 N–H and O–H groups in total. The van der Waals surface area contributed by atoms with Crippen LogP contribution >= 0.6 is 0 Å². The van der Waals surface area contributed by atoms with Crippen molar-refractivity contribution in [2.24, 2.45) is 5.84 Å². The molecule has 0 unspecified atom stereocenters. The molecule has 0 aliphatic carbocycles. The van der Waals surface area contributed by atoms with Gasteiger partial charge >= 0.3 is 0 Å². The molecule has 1 heterocycles. The molecule has 0 saturated carbocycles. The molecule has 1 aromatic heterocycles. The number of nitrogen functional groups attached to an aromatic ring is 1. The minimum Gasteiger partial charge on any atom is -0.324 e. The fourth-order valence-corrected chi connectivity index (χ4v) is 1.25. The van der Waals surface area contributed by atoms with Crippen molar-refractivity contribution in [2.75, 3.05) is 10.7 Å². The maximum Gasteiger partial charge on any atom is 0.242 e. The second-order valence-corrected chi connectivity index (χ2v) is 3.17. The fraction of sp³-hybridized carbons (Fsp3) is 0.357. The van der Waals surface area contributed by atoms with Crippen molar-refractivity contribution in [1.29, 1.82) is 0 Å². The molecule has 110 valence electrons. The van der Waals surface area contributed by atoms with E-state index in [0.29, 0.717) is 17.7 Å². The van der Waals surface area contributed by atoms with Gasteiger partial charge < -0.3 is 5.32 Å². The number of aryl methyl sites for hydroxylation is 1. The van der Waals surface area contributed by atoms with Crippen LogP contribution in [0.1, 0.15) is 33.5 Å². The Labute approximate surface area is 120 Å². The van der Waals surface area contributed by atoms with Gasteiger partial charge in [-0.15, -0.1) is 0 Å². The van der Waals surface area contributed by atoms with E-state index < -0.39 is 0 Å². The van der Waals surface area contributed by atoms with E-state index in [4.69, 9.17) is 5.84 Å². The van der Waals surface area contributed by atoms with Crippen molar-refractivity contribution in [3.05, 3.63) is 36.2 Å². The topological polar surface area (TPSA) is 88.8 Å². The molecule has 0 radical (unpaired) electrons. The lowest BCUT2D eigenvalue weighted by atomic mass is 10.3. The molecule has 20 heavy (non-hydrogen) atoms. The molecule has 2 rings (SSSR count). The van der Waals surface area contributed by atoms with Crippen molar-refractivity contribution in [3.63, 3.8) is 0 Å². The van der Waals surface area contributed by atoms with Gasteiger partial charge in [0, 0.05) is 5.69 Å². The number of nitrogens with two attached hydrogens (primary N) is 1. The third kappa shape index (κ3) is 6.10. The summed E-state index contributed by atoms with van der Waals surface area (Å²) in [4.78, 5) is 12.2. The Hall–Kier alpha value is -2.21. The van der Waals surface area contributed by atoms with Crippen LogP contribution in [0.3, 0.4) is 0 Å². The smallest absolute Gasteiger partial charge is 0.242 e. The number of hydrogen-bond donors (Lipinski definition) is 3. The predicted octanol–water partition coefficient (Wildman–Crippen LogP) is 3.26. The zero-order chi connectivity index (χ0) is 15.4. The summed E-state index contributed by atoms with van der Waals surface area (Å²) in [6, 6.07) is 9.65. The number of hydrazine groups is 1. The molecule has 1 aromatic carbocycles. The van der Waals surface area contributed by atoms with E-state index >= 15 is 0 Å². The monoisotopic (exact) mass is 276 g/mol. The highest BCUT2D eigenvalue weighted by molar-refractivity contribution is 5.53. The summed E-state index contributed by atoms with van der Waals surface area (Å²) in [6.45, 7) is 9.78. The molecule has 0 atom stereocenters. The SMILES string of the molecule is CC.CC.Cc1nc(NN)nc(Nc2ccccc2)n1. The first kappa shape index (κ1) is 17.8. The van der Waals surface area contributed by atoms with E-state index in [1.165, 1.54) is 0 Å². The van der Waals surface area contributed by atoms with Crippen LogP contribution in [0, 0.1) is 6.92 Å². The van der Waals surface area contributed by atoms with Crippen molar-refractivity contribution in [2.45, 2.75) is 34.6 Å². The summed E-state index contributed by atoms with van der Waals surface area (Å²) in [6.07, 6.45) is 0. The van der Waals surface area contributed by atoms with Gasteiger partial charge in [0.1, 0.15) is 5.82 Å². The summed E-state index contributed by atoms with van der Waals surface area (Å²) in [5.74, 6) is 6.65. The number of benzene rings is 1. The van der Waals surface area contributed by atoms with Crippen molar-refractivity contribution in [3.8, 4) is 0 Å². The summed E-state index contributed by atoms with van der Waals surface area (Å²) < 4.78 is 0. The van der Waals surface area contributed by atoms with E-state index in [2.05, 4.69) is 25.7 Å². The minimum absolute atomic E-state index is 0.339. The summed E-state index contributed by atoms with van der Waals surface area (Å²) >= 11 is 0. The number of nitrogens with one attached hydrogen (secondary N) is 2. The average molecular weight is 276 g/mol. The van der Waals surface area contributed by atoms with Crippen molar-refractivity contribution >= 4 is 17.6 Å². The summed E-state index contributed by atoms with van der Waals surface area (Å²) in [7, 11) is 0. The average Bonchev–Trinajstić information content (AvgIpc) is 2.51. The highest BCUT2D eigenvalue weighted by Gasteiger charge is 2.02. The first-order chi connectivity index (χ1) is 9.78. The molecule has 0 aliphatic rings. The van der Waals surface area contributed by atoms with Crippen LogP contribution in [0.2, 0.25) is 0 Å². The van der Waals surface area contributed by atoms with Crippen LogP contribution in [-0.4, -0.2) is 15.0 Å². The molecule has 0 spiro atoms. The second kappa shape index (κ2) is 10.7. The van der Waals surface area contributed by atoms with Crippen molar-refractivity contribution < 1.29 is 0 Å². The van der Waals surface area contributed by atoms with Gasteiger partial charge in [0.15, 0.2) is 0 Å². The molecule has 0 fully saturated rings. The van der Waals surface area contributed by atoms with Crippen molar-refractivity contribution in [1.82, 2.24) is 15.0 Å². The van der Waals surface area contributed by atoms with Gasteiger partial charge in [-0.1, -0.05) is 45.9 Å². The number of rotatable bonds is 3. The molecule has 0 aliphatic heterocycles. The Morgan fingerprint density at radius 2 is 1.40 bits per heavy atom. The minimum atomic E-state index is 0.339. The third-order valence-corrected chi connectivity index (χ3v) is 1.91. The van der Waals surface area contributed by atoms with Crippen LogP contribution in [0.25, 0.3) is 0 Å². The largest absolute Gasteiger partial charge is 0.324 e. The molecule has 6 nitrogen and oxygen atoms in total. The lowest BCUT2D eigenvalue weighted by molar-refractivity contribution is 0.975. The lowest BCUT2D eigenvalue weighted by Gasteiger charge is -2.06. The number of nitrogens with zero attached hydrogens (tertiary/aromatic N) is 3. The van der Waals surface area contributed by atoms with Gasteiger partial charge in [0.2, 0.25) is 11.9 Å². The normalized spacial score (nSPS) is 8.50. The Bertz CT molecular complexity index is 472. The van der Waals surface area contributed by atoms with E-state index in [0.717, 1.165) is 5.69 Å². The molecular formula is C14H24N6. The summed E-state index contributed by atoms with van der Waals surface area (Å²) in [5, 5.41) is 3.06. The third-order valence-electron chi connectivity index (χ3n) is 1.91. The predicted molar refractivity (Wildman–Crippen MR) is 84.8 cm³/mol. The Morgan fingerprint density at radius 1 is 0.850 bits per heavy atom. The number of hydrogen-bond acceptors (Lipinski definition) is 6. The van der Waals surface area contributed by atoms with E-state index in [1.54, 1.807) is 6.92 Å². The molecular weight excluding hydrogens is 252 g/mol. The van der Waals surface area contributed by atoms with Crippen LogP contribution in [-0.2, 0) is 0 Å². The number of para-hydroxylation sites is 1. The first-order valence-electron chi connectivity index (χ1n) is 6.79. The van der Waals surface area contributed by atoms with Gasteiger partial charge in [-0.05, 0) is 19.1 Å². The maximum absolute atomic E-state index is 5.25. The van der Waals surface area contributed by atoms with Gasteiger partial charge in [-0.3, -0.25) is 5.43 Å². The van der Waals surface area contributed by atoms with Crippen LogP contribution in [0.4, 0.5) is 17.6 Å². The molecule has 2 aromatic rings. The highest BCUT2D eigenvalue weighted by Crippen LogP contribution is 2.12. The zero-order valence-electron chi connectivity index (χ0n) is 12.8. The quantitative estimate of drug-likeness (QED) is 0.589. The fourth-order valence-electron chi connectivity index (χ4n) is 1.25. The van der Waals surface area contributed by atoms with Gasteiger partial charge in [-0.25, -0.2) is 5.84 Å². The van der Waals surface area contributed by atoms with E-state index in [9.17, 15) is 0 Å². The first-order valence-corrected chi connectivity index (χ1v) is 6.79. The van der Waals surface area contributed by atoms with Gasteiger partial charge in [-0.2, -0.15) is 15.0 Å². The number of aromatic nitrogens is 3. The van der Waals surface area contributed by atoms with E-state index in [1.807, 2.05) is 58.0 Å². The van der Waals surface area contributed by atoms with Crippen LogP contribution in [0.5, 0.6) is 0 Å².